The summed E-state index contributed by atoms with van der Waals surface area (Å²) in [7, 11) is 0. The van der Waals surface area contributed by atoms with Crippen molar-refractivity contribution >= 4 is 23.3 Å². The van der Waals surface area contributed by atoms with Crippen LogP contribution >= 0.6 is 11.6 Å². The van der Waals surface area contributed by atoms with Gasteiger partial charge in [-0.25, -0.2) is 4.39 Å². The Bertz CT molecular complexity index is 926. The summed E-state index contributed by atoms with van der Waals surface area (Å²) in [5.74, 6) is 1.13. The quantitative estimate of drug-likeness (QED) is 0.320. The normalized spacial score (nSPS) is 32.6. The fraction of sp³-hybridized carbons (Fsp3) is 0.591. The smallest absolute Gasteiger partial charge is 0.223 e. The maximum Gasteiger partial charge on any atom is 0.223 e. The third-order valence-corrected chi connectivity index (χ3v) is 7.32. The SMILES string of the molecule is CC(C)(Oc1ccc(F)cc1Cl)C(=NC1C2CC3CC1CC(C(N)=O)(C3)C2)NC#N. The van der Waals surface area contributed by atoms with E-state index in [0.29, 0.717) is 17.5 Å². The van der Waals surface area contributed by atoms with Gasteiger partial charge in [0.15, 0.2) is 17.6 Å². The third kappa shape index (κ3) is 3.62. The number of primary amides is 1. The molecule has 1 aromatic rings. The summed E-state index contributed by atoms with van der Waals surface area (Å²) in [5, 5.41) is 12.2. The summed E-state index contributed by atoms with van der Waals surface area (Å²) in [6.45, 7) is 3.58. The molecule has 6 nitrogen and oxygen atoms in total. The minimum absolute atomic E-state index is 0.0106. The molecule has 2 atom stereocenters. The standard InChI is InChI=1S/C22H26ClFN4O2/c1-21(2,30-17-4-3-15(24)7-16(17)23)20(27-11-25)28-18-13-5-12-6-14(18)10-22(8-12,9-13)19(26)29/h3-4,7,12-14,18H,5-6,8-10H2,1-2H3,(H2,26,29)(H,27,28). The van der Waals surface area contributed by atoms with Crippen molar-refractivity contribution in [1.82, 2.24) is 5.32 Å². The summed E-state index contributed by atoms with van der Waals surface area (Å²) >= 11 is 6.12. The number of nitrogens with zero attached hydrogens (tertiary/aromatic N) is 2. The first-order valence-corrected chi connectivity index (χ1v) is 10.7. The van der Waals surface area contributed by atoms with E-state index in [1.807, 2.05) is 6.19 Å². The number of benzene rings is 1. The molecule has 8 heteroatoms. The molecule has 0 radical (unpaired) electrons. The minimum Gasteiger partial charge on any atom is -0.478 e. The second kappa shape index (κ2) is 7.42. The monoisotopic (exact) mass is 432 g/mol. The van der Waals surface area contributed by atoms with Gasteiger partial charge in [0.05, 0.1) is 11.1 Å². The van der Waals surface area contributed by atoms with E-state index in [-0.39, 0.29) is 34.2 Å². The molecule has 4 bridgehead atoms. The molecule has 30 heavy (non-hydrogen) atoms. The molecule has 0 aromatic heterocycles. The lowest BCUT2D eigenvalue weighted by atomic mass is 9.48. The molecule has 1 amide bonds. The second-order valence-electron chi connectivity index (χ2n) is 9.51. The minimum atomic E-state index is -0.993. The van der Waals surface area contributed by atoms with Gasteiger partial charge in [0.2, 0.25) is 5.91 Å². The van der Waals surface area contributed by atoms with Gasteiger partial charge < -0.3 is 10.5 Å². The van der Waals surface area contributed by atoms with Crippen molar-refractivity contribution in [1.29, 1.82) is 5.26 Å². The fourth-order valence-electron chi connectivity index (χ4n) is 5.93. The fourth-order valence-corrected chi connectivity index (χ4v) is 6.14. The van der Waals surface area contributed by atoms with Gasteiger partial charge in [0.1, 0.15) is 11.6 Å². The number of nitrogens with one attached hydrogen (secondary N) is 1. The molecule has 5 rings (SSSR count). The third-order valence-electron chi connectivity index (χ3n) is 7.03. The van der Waals surface area contributed by atoms with Crippen LogP contribution in [-0.2, 0) is 4.79 Å². The molecule has 2 unspecified atom stereocenters. The zero-order valence-electron chi connectivity index (χ0n) is 17.1. The predicted octanol–water partition coefficient (Wildman–Crippen LogP) is 3.79. The van der Waals surface area contributed by atoms with Crippen LogP contribution in [0.2, 0.25) is 5.02 Å². The number of aliphatic imine (C=N–C) groups is 1. The van der Waals surface area contributed by atoms with Crippen LogP contribution in [-0.4, -0.2) is 23.4 Å². The number of halogens is 2. The van der Waals surface area contributed by atoms with Gasteiger partial charge >= 0.3 is 0 Å². The van der Waals surface area contributed by atoms with E-state index >= 15 is 0 Å². The van der Waals surface area contributed by atoms with Crippen LogP contribution in [0.3, 0.4) is 0 Å². The van der Waals surface area contributed by atoms with Crippen LogP contribution in [0.5, 0.6) is 5.75 Å². The number of carbonyl (C=O) groups is 1. The molecule has 4 saturated carbocycles. The molecule has 4 aliphatic rings. The van der Waals surface area contributed by atoms with Crippen molar-refractivity contribution in [3.63, 3.8) is 0 Å². The molecular formula is C22H26ClFN4O2. The number of hydrogen-bond acceptors (Lipinski definition) is 4. The second-order valence-corrected chi connectivity index (χ2v) is 9.91. The number of nitriles is 1. The van der Waals surface area contributed by atoms with E-state index in [1.165, 1.54) is 18.2 Å². The Kier molecular flexibility index (Phi) is 5.17. The van der Waals surface area contributed by atoms with Crippen LogP contribution < -0.4 is 15.8 Å². The number of carbonyl (C=O) groups excluding carboxylic acids is 1. The van der Waals surface area contributed by atoms with Gasteiger partial charge in [-0.05, 0) is 81.9 Å². The Morgan fingerprint density at radius 1 is 1.37 bits per heavy atom. The maximum atomic E-state index is 13.4. The Labute approximate surface area is 180 Å². The van der Waals surface area contributed by atoms with Crippen molar-refractivity contribution in [2.45, 2.75) is 57.6 Å². The molecule has 4 fully saturated rings. The Hall–Kier alpha value is -2.33. The number of ether oxygens (including phenoxy) is 1. The van der Waals surface area contributed by atoms with E-state index in [0.717, 1.165) is 32.1 Å². The number of rotatable bonds is 5. The van der Waals surface area contributed by atoms with E-state index < -0.39 is 11.4 Å². The van der Waals surface area contributed by atoms with Gasteiger partial charge in [-0.15, -0.1) is 0 Å². The van der Waals surface area contributed by atoms with Crippen molar-refractivity contribution in [3.05, 3.63) is 29.0 Å². The molecule has 0 aliphatic heterocycles. The van der Waals surface area contributed by atoms with Crippen LogP contribution in [0.25, 0.3) is 0 Å². The van der Waals surface area contributed by atoms with E-state index in [1.54, 1.807) is 13.8 Å². The zero-order chi connectivity index (χ0) is 21.7. The van der Waals surface area contributed by atoms with Crippen LogP contribution in [0.4, 0.5) is 4.39 Å². The lowest BCUT2D eigenvalue weighted by Crippen LogP contribution is -2.58. The van der Waals surface area contributed by atoms with E-state index in [2.05, 4.69) is 5.32 Å². The summed E-state index contributed by atoms with van der Waals surface area (Å²) in [6.07, 6.45) is 6.43. The Morgan fingerprint density at radius 2 is 2.03 bits per heavy atom. The molecular weight excluding hydrogens is 407 g/mol. The van der Waals surface area contributed by atoms with Crippen LogP contribution in [0, 0.1) is 40.4 Å². The molecule has 3 N–H and O–H groups in total. The Balaban J connectivity index is 1.61. The van der Waals surface area contributed by atoms with Gasteiger partial charge in [0, 0.05) is 5.41 Å². The average Bonchev–Trinajstić information content (AvgIpc) is 2.65. The van der Waals surface area contributed by atoms with Crippen molar-refractivity contribution in [2.24, 2.45) is 33.9 Å². The average molecular weight is 433 g/mol. The molecule has 0 saturated heterocycles. The molecule has 0 heterocycles. The molecule has 1 aromatic carbocycles. The lowest BCUT2D eigenvalue weighted by Gasteiger charge is -2.57. The highest BCUT2D eigenvalue weighted by molar-refractivity contribution is 6.32. The molecule has 160 valence electrons. The number of nitrogens with two attached hydrogens (primary N) is 1. The zero-order valence-corrected chi connectivity index (χ0v) is 17.9. The van der Waals surface area contributed by atoms with Crippen molar-refractivity contribution in [2.75, 3.05) is 0 Å². The van der Waals surface area contributed by atoms with Crippen LogP contribution in [0.15, 0.2) is 23.2 Å². The highest BCUT2D eigenvalue weighted by Crippen LogP contribution is 2.60. The first-order valence-electron chi connectivity index (χ1n) is 10.3. The summed E-state index contributed by atoms with van der Waals surface area (Å²) in [5.41, 5.74) is 4.39. The predicted molar refractivity (Wildman–Crippen MR) is 111 cm³/mol. The molecule has 0 spiro atoms. The summed E-state index contributed by atoms with van der Waals surface area (Å²) in [4.78, 5) is 17.1. The number of hydrogen-bond donors (Lipinski definition) is 2. The van der Waals surface area contributed by atoms with Gasteiger partial charge in [0.25, 0.3) is 0 Å². The highest BCUT2D eigenvalue weighted by Gasteiger charge is 2.58. The number of amidine groups is 1. The van der Waals surface area contributed by atoms with Gasteiger partial charge in [-0.3, -0.25) is 15.1 Å². The summed E-state index contributed by atoms with van der Waals surface area (Å²) < 4.78 is 19.4. The van der Waals surface area contributed by atoms with Crippen LogP contribution in [0.1, 0.15) is 46.0 Å². The highest BCUT2D eigenvalue weighted by atomic mass is 35.5. The van der Waals surface area contributed by atoms with Crippen molar-refractivity contribution < 1.29 is 13.9 Å². The van der Waals surface area contributed by atoms with Gasteiger partial charge in [-0.1, -0.05) is 11.6 Å². The summed E-state index contributed by atoms with van der Waals surface area (Å²) in [6, 6.07) is 3.93. The first kappa shape index (κ1) is 20.9. The molecule has 4 aliphatic carbocycles. The topological polar surface area (TPSA) is 100 Å². The van der Waals surface area contributed by atoms with Crippen molar-refractivity contribution in [3.8, 4) is 11.9 Å². The first-order chi connectivity index (χ1) is 14.1. The maximum absolute atomic E-state index is 13.4. The van der Waals surface area contributed by atoms with E-state index in [9.17, 15) is 14.4 Å². The largest absolute Gasteiger partial charge is 0.478 e. The lowest BCUT2D eigenvalue weighted by molar-refractivity contribution is -0.144. The van der Waals surface area contributed by atoms with E-state index in [4.69, 9.17) is 27.1 Å². The Morgan fingerprint density at radius 3 is 2.60 bits per heavy atom. The number of amides is 1. The van der Waals surface area contributed by atoms with Gasteiger partial charge in [-0.2, -0.15) is 5.26 Å².